The largest absolute Gasteiger partial charge is 0.352 e. The zero-order valence-corrected chi connectivity index (χ0v) is 13.4. The molecule has 2 aromatic carbocycles. The summed E-state index contributed by atoms with van der Waals surface area (Å²) in [6.45, 7) is 0.453. The highest BCUT2D eigenvalue weighted by molar-refractivity contribution is 5.93. The van der Waals surface area contributed by atoms with Crippen LogP contribution in [0.2, 0.25) is 0 Å². The van der Waals surface area contributed by atoms with Gasteiger partial charge in [0.15, 0.2) is 0 Å². The summed E-state index contributed by atoms with van der Waals surface area (Å²) in [4.78, 5) is 20.4. The highest BCUT2D eigenvalue weighted by Gasteiger charge is 2.07. The van der Waals surface area contributed by atoms with Gasteiger partial charge in [-0.2, -0.15) is 0 Å². The van der Waals surface area contributed by atoms with E-state index in [4.69, 9.17) is 0 Å². The zero-order chi connectivity index (χ0) is 17.5. The molecule has 0 aliphatic rings. The van der Waals surface area contributed by atoms with Crippen molar-refractivity contribution in [1.82, 2.24) is 15.3 Å². The van der Waals surface area contributed by atoms with Crippen molar-refractivity contribution in [3.63, 3.8) is 0 Å². The first-order valence-corrected chi connectivity index (χ1v) is 7.87. The Morgan fingerprint density at radius 3 is 2.32 bits per heavy atom. The van der Waals surface area contributed by atoms with E-state index < -0.39 is 0 Å². The fourth-order valence-corrected chi connectivity index (χ4v) is 2.23. The third kappa shape index (κ3) is 4.84. The molecule has 0 saturated heterocycles. The standard InChI is InChI=1S/C19H17FN4O/c20-16-8-6-14(7-9-16)10-11-21-18(25)15-12-22-19(23-13-15)24-17-4-2-1-3-5-17/h1-9,12-13H,10-11H2,(H,21,25)(H,22,23,24). The van der Waals surface area contributed by atoms with Crippen LogP contribution >= 0.6 is 0 Å². The molecule has 0 bridgehead atoms. The molecule has 2 N–H and O–H groups in total. The zero-order valence-electron chi connectivity index (χ0n) is 13.4. The van der Waals surface area contributed by atoms with Crippen molar-refractivity contribution in [1.29, 1.82) is 0 Å². The van der Waals surface area contributed by atoms with Crippen LogP contribution < -0.4 is 10.6 Å². The Bertz CT molecular complexity index is 820. The Kier molecular flexibility index (Phi) is 5.31. The van der Waals surface area contributed by atoms with Crippen molar-refractivity contribution in [3.05, 3.63) is 83.9 Å². The second-order valence-corrected chi connectivity index (χ2v) is 5.42. The average molecular weight is 336 g/mol. The number of benzene rings is 2. The number of anilines is 2. The van der Waals surface area contributed by atoms with Crippen LogP contribution in [-0.2, 0) is 6.42 Å². The molecule has 6 heteroatoms. The van der Waals surface area contributed by atoms with Gasteiger partial charge in [0.1, 0.15) is 5.82 Å². The Balaban J connectivity index is 1.51. The summed E-state index contributed by atoms with van der Waals surface area (Å²) in [6.07, 6.45) is 3.58. The molecule has 0 aliphatic carbocycles. The van der Waals surface area contributed by atoms with Gasteiger partial charge in [0.05, 0.1) is 5.56 Å². The van der Waals surface area contributed by atoms with Crippen molar-refractivity contribution < 1.29 is 9.18 Å². The van der Waals surface area contributed by atoms with Crippen LogP contribution in [0.1, 0.15) is 15.9 Å². The molecule has 126 valence electrons. The van der Waals surface area contributed by atoms with Crippen LogP contribution in [0, 0.1) is 5.82 Å². The van der Waals surface area contributed by atoms with Gasteiger partial charge in [0.2, 0.25) is 5.95 Å². The molecule has 0 spiro atoms. The summed E-state index contributed by atoms with van der Waals surface area (Å²) in [5.41, 5.74) is 2.22. The van der Waals surface area contributed by atoms with Gasteiger partial charge >= 0.3 is 0 Å². The minimum absolute atomic E-state index is 0.242. The molecule has 0 aliphatic heterocycles. The first-order chi connectivity index (χ1) is 12.2. The number of aromatic nitrogens is 2. The first-order valence-electron chi connectivity index (χ1n) is 7.87. The molecule has 0 saturated carbocycles. The topological polar surface area (TPSA) is 66.9 Å². The lowest BCUT2D eigenvalue weighted by atomic mass is 10.1. The minimum Gasteiger partial charge on any atom is -0.352 e. The molecule has 3 rings (SSSR count). The highest BCUT2D eigenvalue weighted by Crippen LogP contribution is 2.11. The Hall–Kier alpha value is -3.28. The summed E-state index contributed by atoms with van der Waals surface area (Å²) >= 11 is 0. The number of hydrogen-bond acceptors (Lipinski definition) is 4. The van der Waals surface area contributed by atoms with E-state index in [0.717, 1.165) is 11.3 Å². The van der Waals surface area contributed by atoms with Gasteiger partial charge in [0.25, 0.3) is 5.91 Å². The summed E-state index contributed by atoms with van der Waals surface area (Å²) in [6, 6.07) is 15.8. The fraction of sp³-hybridized carbons (Fsp3) is 0.105. The SMILES string of the molecule is O=C(NCCc1ccc(F)cc1)c1cnc(Nc2ccccc2)nc1. The van der Waals surface area contributed by atoms with Crippen LogP contribution in [-0.4, -0.2) is 22.4 Å². The number of hydrogen-bond donors (Lipinski definition) is 2. The normalized spacial score (nSPS) is 10.3. The lowest BCUT2D eigenvalue weighted by Crippen LogP contribution is -2.26. The van der Waals surface area contributed by atoms with Crippen molar-refractivity contribution in [2.75, 3.05) is 11.9 Å². The number of nitrogens with zero attached hydrogens (tertiary/aromatic N) is 2. The first kappa shape index (κ1) is 16.6. The third-order valence-electron chi connectivity index (χ3n) is 3.56. The molecule has 3 aromatic rings. The van der Waals surface area contributed by atoms with Crippen LogP contribution in [0.25, 0.3) is 0 Å². The summed E-state index contributed by atoms with van der Waals surface area (Å²) in [5, 5.41) is 5.85. The molecular formula is C19H17FN4O. The van der Waals surface area contributed by atoms with Gasteiger partial charge in [-0.1, -0.05) is 30.3 Å². The van der Waals surface area contributed by atoms with E-state index in [-0.39, 0.29) is 11.7 Å². The van der Waals surface area contributed by atoms with Gasteiger partial charge < -0.3 is 10.6 Å². The maximum atomic E-state index is 12.8. The molecule has 1 aromatic heterocycles. The minimum atomic E-state index is -0.269. The van der Waals surface area contributed by atoms with Crippen LogP contribution in [0.3, 0.4) is 0 Å². The van der Waals surface area contributed by atoms with Crippen LogP contribution in [0.5, 0.6) is 0 Å². The third-order valence-corrected chi connectivity index (χ3v) is 3.56. The van der Waals surface area contributed by atoms with E-state index in [1.165, 1.54) is 24.5 Å². The maximum Gasteiger partial charge on any atom is 0.254 e. The number of carbonyl (C=O) groups excluding carboxylic acids is 1. The lowest BCUT2D eigenvalue weighted by Gasteiger charge is -2.07. The molecule has 1 amide bonds. The van der Waals surface area contributed by atoms with Gasteiger partial charge in [-0.15, -0.1) is 0 Å². The molecule has 1 heterocycles. The number of amides is 1. The Labute approximate surface area is 145 Å². The smallest absolute Gasteiger partial charge is 0.254 e. The van der Waals surface area contributed by atoms with Crippen molar-refractivity contribution >= 4 is 17.5 Å². The molecule has 0 atom stereocenters. The maximum absolute atomic E-state index is 12.8. The fourth-order valence-electron chi connectivity index (χ4n) is 2.23. The Morgan fingerprint density at radius 1 is 0.960 bits per heavy atom. The van der Waals surface area contributed by atoms with Crippen LogP contribution in [0.4, 0.5) is 16.0 Å². The molecular weight excluding hydrogens is 319 g/mol. The number of para-hydroxylation sites is 1. The molecule has 5 nitrogen and oxygen atoms in total. The predicted molar refractivity (Wildman–Crippen MR) is 94.2 cm³/mol. The summed E-state index contributed by atoms with van der Waals surface area (Å²) in [7, 11) is 0. The van der Waals surface area contributed by atoms with E-state index in [2.05, 4.69) is 20.6 Å². The van der Waals surface area contributed by atoms with Crippen molar-refractivity contribution in [3.8, 4) is 0 Å². The number of carbonyl (C=O) groups is 1. The molecule has 0 radical (unpaired) electrons. The summed E-state index contributed by atoms with van der Waals surface area (Å²) < 4.78 is 12.8. The van der Waals surface area contributed by atoms with Gasteiger partial charge in [-0.25, -0.2) is 14.4 Å². The van der Waals surface area contributed by atoms with E-state index >= 15 is 0 Å². The monoisotopic (exact) mass is 336 g/mol. The van der Waals surface area contributed by atoms with Crippen molar-refractivity contribution in [2.45, 2.75) is 6.42 Å². The van der Waals surface area contributed by atoms with Crippen molar-refractivity contribution in [2.24, 2.45) is 0 Å². The number of rotatable bonds is 6. The van der Waals surface area contributed by atoms with Crippen LogP contribution in [0.15, 0.2) is 67.0 Å². The number of halogens is 1. The molecule has 0 unspecified atom stereocenters. The van der Waals surface area contributed by atoms with Gasteiger partial charge in [-0.3, -0.25) is 4.79 Å². The second kappa shape index (κ2) is 8.01. The second-order valence-electron chi connectivity index (χ2n) is 5.42. The highest BCUT2D eigenvalue weighted by atomic mass is 19.1. The molecule has 0 fully saturated rings. The predicted octanol–water partition coefficient (Wildman–Crippen LogP) is 3.33. The van der Waals surface area contributed by atoms with Gasteiger partial charge in [0, 0.05) is 24.6 Å². The van der Waals surface area contributed by atoms with E-state index in [1.807, 2.05) is 30.3 Å². The number of nitrogens with one attached hydrogen (secondary N) is 2. The van der Waals surface area contributed by atoms with E-state index in [1.54, 1.807) is 12.1 Å². The average Bonchev–Trinajstić information content (AvgIpc) is 2.65. The Morgan fingerprint density at radius 2 is 1.64 bits per heavy atom. The quantitative estimate of drug-likeness (QED) is 0.724. The van der Waals surface area contributed by atoms with E-state index in [9.17, 15) is 9.18 Å². The van der Waals surface area contributed by atoms with E-state index in [0.29, 0.717) is 24.5 Å². The lowest BCUT2D eigenvalue weighted by molar-refractivity contribution is 0.0953. The van der Waals surface area contributed by atoms with Gasteiger partial charge in [-0.05, 0) is 36.2 Å². The molecule has 25 heavy (non-hydrogen) atoms. The summed E-state index contributed by atoms with van der Waals surface area (Å²) in [5.74, 6) is -0.0865.